The third kappa shape index (κ3) is 3.86. The summed E-state index contributed by atoms with van der Waals surface area (Å²) in [6, 6.07) is 10.0. The molecule has 0 aliphatic carbocycles. The number of halogens is 1. The highest BCUT2D eigenvalue weighted by Crippen LogP contribution is 2.31. The number of nitrogens with zero attached hydrogens (tertiary/aromatic N) is 1. The number of benzene rings is 1. The van der Waals surface area contributed by atoms with Crippen molar-refractivity contribution in [1.29, 1.82) is 0 Å². The van der Waals surface area contributed by atoms with Crippen molar-refractivity contribution in [1.82, 2.24) is 0 Å². The fourth-order valence-corrected chi connectivity index (χ4v) is 3.04. The summed E-state index contributed by atoms with van der Waals surface area (Å²) in [5, 5.41) is 11.2. The van der Waals surface area contributed by atoms with E-state index in [0.29, 0.717) is 10.6 Å². The second kappa shape index (κ2) is 6.78. The quantitative estimate of drug-likeness (QED) is 0.812. The molecule has 1 unspecified atom stereocenters. The van der Waals surface area contributed by atoms with Crippen molar-refractivity contribution in [3.8, 4) is 0 Å². The summed E-state index contributed by atoms with van der Waals surface area (Å²) in [5.74, 6) is -0.987. The molecule has 1 heterocycles. The molecule has 1 N–H and O–H groups in total. The van der Waals surface area contributed by atoms with Crippen molar-refractivity contribution >= 4 is 40.7 Å². The maximum absolute atomic E-state index is 10.5. The summed E-state index contributed by atoms with van der Waals surface area (Å²) < 4.78 is 0. The van der Waals surface area contributed by atoms with Gasteiger partial charge in [-0.25, -0.2) is 4.79 Å². The van der Waals surface area contributed by atoms with Gasteiger partial charge in [-0.3, -0.25) is 0 Å². The Morgan fingerprint density at radius 1 is 1.43 bits per heavy atom. The molecule has 0 fully saturated rings. The minimum absolute atomic E-state index is 0.251. The topological polar surface area (TPSA) is 40.5 Å². The van der Waals surface area contributed by atoms with Crippen LogP contribution in [0.15, 0.2) is 41.8 Å². The number of hydrogen-bond donors (Lipinski definition) is 1. The normalized spacial score (nSPS) is 12.5. The van der Waals surface area contributed by atoms with Gasteiger partial charge in [0, 0.05) is 28.7 Å². The third-order valence-electron chi connectivity index (χ3n) is 3.33. The van der Waals surface area contributed by atoms with E-state index in [0.717, 1.165) is 11.8 Å². The van der Waals surface area contributed by atoms with E-state index in [1.807, 2.05) is 31.3 Å². The van der Waals surface area contributed by atoms with E-state index in [1.54, 1.807) is 11.3 Å². The fourth-order valence-electron chi connectivity index (χ4n) is 1.98. The molecule has 0 bridgehead atoms. The second-order valence-electron chi connectivity index (χ2n) is 4.68. The molecule has 0 amide bonds. The Morgan fingerprint density at radius 3 is 2.76 bits per heavy atom. The van der Waals surface area contributed by atoms with Gasteiger partial charge in [-0.1, -0.05) is 23.7 Å². The van der Waals surface area contributed by atoms with Crippen molar-refractivity contribution in [2.24, 2.45) is 0 Å². The summed E-state index contributed by atoms with van der Waals surface area (Å²) in [6.07, 6.45) is 2.58. The number of anilines is 1. The molecular weight excluding hydrogens is 306 g/mol. The van der Waals surface area contributed by atoms with Gasteiger partial charge in [0.05, 0.1) is 6.04 Å². The maximum atomic E-state index is 10.5. The van der Waals surface area contributed by atoms with Gasteiger partial charge in [-0.15, -0.1) is 11.3 Å². The van der Waals surface area contributed by atoms with Crippen LogP contribution in [0.4, 0.5) is 5.69 Å². The molecule has 110 valence electrons. The van der Waals surface area contributed by atoms with Gasteiger partial charge in [0.25, 0.3) is 0 Å². The Morgan fingerprint density at radius 2 is 2.19 bits per heavy atom. The lowest BCUT2D eigenvalue weighted by Crippen LogP contribution is -2.20. The lowest BCUT2D eigenvalue weighted by molar-refractivity contribution is -0.131. The molecule has 1 aromatic carbocycles. The average Bonchev–Trinajstić information content (AvgIpc) is 2.98. The number of thiophene rings is 1. The van der Waals surface area contributed by atoms with E-state index in [1.165, 1.54) is 11.0 Å². The Hall–Kier alpha value is -1.78. The van der Waals surface area contributed by atoms with E-state index in [4.69, 9.17) is 16.7 Å². The van der Waals surface area contributed by atoms with Crippen LogP contribution in [0.3, 0.4) is 0 Å². The highest BCUT2D eigenvalue weighted by molar-refractivity contribution is 7.10. The first-order valence-electron chi connectivity index (χ1n) is 6.46. The average molecular weight is 322 g/mol. The zero-order valence-electron chi connectivity index (χ0n) is 11.8. The van der Waals surface area contributed by atoms with E-state index < -0.39 is 5.97 Å². The smallest absolute Gasteiger partial charge is 0.328 e. The standard InChI is InChI=1S/C16H16ClNO2S/c1-11(15-4-3-9-21-15)18(2)13-7-5-12(14(17)10-13)6-8-16(19)20/h3-11H,1-2H3,(H,19,20)/b8-6+. The first kappa shape index (κ1) is 15.6. The molecule has 1 atom stereocenters. The van der Waals surface area contributed by atoms with Gasteiger partial charge >= 0.3 is 5.97 Å². The molecular formula is C16H16ClNO2S. The van der Waals surface area contributed by atoms with Gasteiger partial charge in [-0.05, 0) is 42.1 Å². The van der Waals surface area contributed by atoms with Crippen LogP contribution in [-0.4, -0.2) is 18.1 Å². The minimum Gasteiger partial charge on any atom is -0.478 e. The maximum Gasteiger partial charge on any atom is 0.328 e. The van der Waals surface area contributed by atoms with E-state index >= 15 is 0 Å². The van der Waals surface area contributed by atoms with E-state index in [9.17, 15) is 4.79 Å². The number of carboxylic acid groups (broad SMARTS) is 1. The van der Waals surface area contributed by atoms with Crippen LogP contribution in [0.25, 0.3) is 6.08 Å². The molecule has 3 nitrogen and oxygen atoms in total. The van der Waals surface area contributed by atoms with Crippen LogP contribution in [0.2, 0.25) is 5.02 Å². The monoisotopic (exact) mass is 321 g/mol. The van der Waals surface area contributed by atoms with E-state index in [2.05, 4.69) is 23.3 Å². The Kier molecular flexibility index (Phi) is 5.04. The first-order valence-corrected chi connectivity index (χ1v) is 7.71. The van der Waals surface area contributed by atoms with Gasteiger partial charge in [0.15, 0.2) is 0 Å². The second-order valence-corrected chi connectivity index (χ2v) is 6.07. The van der Waals surface area contributed by atoms with Crippen molar-refractivity contribution in [2.45, 2.75) is 13.0 Å². The molecule has 0 aliphatic heterocycles. The van der Waals surface area contributed by atoms with Crippen LogP contribution in [0.1, 0.15) is 23.4 Å². The molecule has 0 radical (unpaired) electrons. The largest absolute Gasteiger partial charge is 0.478 e. The summed E-state index contributed by atoms with van der Waals surface area (Å²) in [5.41, 5.74) is 1.69. The lowest BCUT2D eigenvalue weighted by atomic mass is 10.1. The highest BCUT2D eigenvalue weighted by atomic mass is 35.5. The van der Waals surface area contributed by atoms with Crippen LogP contribution in [0.5, 0.6) is 0 Å². The van der Waals surface area contributed by atoms with Gasteiger partial charge in [0.1, 0.15) is 0 Å². The predicted molar refractivity (Wildman–Crippen MR) is 89.3 cm³/mol. The molecule has 0 saturated heterocycles. The number of carbonyl (C=O) groups is 1. The fraction of sp³-hybridized carbons (Fsp3) is 0.188. The summed E-state index contributed by atoms with van der Waals surface area (Å²) in [4.78, 5) is 14.0. The van der Waals surface area contributed by atoms with Crippen molar-refractivity contribution in [3.63, 3.8) is 0 Å². The lowest BCUT2D eigenvalue weighted by Gasteiger charge is -2.26. The first-order chi connectivity index (χ1) is 9.99. The molecule has 5 heteroatoms. The van der Waals surface area contributed by atoms with Crippen molar-refractivity contribution < 1.29 is 9.90 Å². The summed E-state index contributed by atoms with van der Waals surface area (Å²) in [6.45, 7) is 2.14. The van der Waals surface area contributed by atoms with Crippen molar-refractivity contribution in [3.05, 3.63) is 57.3 Å². The number of hydrogen-bond acceptors (Lipinski definition) is 3. The number of aliphatic carboxylic acids is 1. The molecule has 0 spiro atoms. The summed E-state index contributed by atoms with van der Waals surface area (Å²) >= 11 is 7.94. The SMILES string of the molecule is CC(c1cccs1)N(C)c1ccc(/C=C/C(=O)O)c(Cl)c1. The number of carboxylic acids is 1. The Labute approximate surface area is 133 Å². The highest BCUT2D eigenvalue weighted by Gasteiger charge is 2.14. The molecule has 1 aromatic heterocycles. The van der Waals surface area contributed by atoms with Gasteiger partial charge in [0.2, 0.25) is 0 Å². The van der Waals surface area contributed by atoms with Crippen LogP contribution in [-0.2, 0) is 4.79 Å². The van der Waals surface area contributed by atoms with Gasteiger partial charge < -0.3 is 10.0 Å². The van der Waals surface area contributed by atoms with Gasteiger partial charge in [-0.2, -0.15) is 0 Å². The van der Waals surface area contributed by atoms with Crippen LogP contribution < -0.4 is 4.90 Å². The van der Waals surface area contributed by atoms with Crippen LogP contribution in [0, 0.1) is 0 Å². The molecule has 2 aromatic rings. The Balaban J connectivity index is 2.21. The number of rotatable bonds is 5. The minimum atomic E-state index is -0.987. The molecule has 0 saturated carbocycles. The Bertz CT molecular complexity index is 652. The predicted octanol–water partition coefficient (Wildman–Crippen LogP) is 4.70. The molecule has 0 aliphatic rings. The third-order valence-corrected chi connectivity index (χ3v) is 4.70. The van der Waals surface area contributed by atoms with E-state index in [-0.39, 0.29) is 6.04 Å². The molecule has 2 rings (SSSR count). The molecule has 21 heavy (non-hydrogen) atoms. The zero-order chi connectivity index (χ0) is 15.4. The van der Waals surface area contributed by atoms with Crippen molar-refractivity contribution in [2.75, 3.05) is 11.9 Å². The van der Waals surface area contributed by atoms with Crippen LogP contribution >= 0.6 is 22.9 Å². The zero-order valence-corrected chi connectivity index (χ0v) is 13.4. The summed E-state index contributed by atoms with van der Waals surface area (Å²) in [7, 11) is 2.02.